The average Bonchev–Trinajstić information content (AvgIpc) is 2.31. The summed E-state index contributed by atoms with van der Waals surface area (Å²) in [4.78, 5) is 0.293. The van der Waals surface area contributed by atoms with Gasteiger partial charge in [0.05, 0.1) is 0 Å². The summed E-state index contributed by atoms with van der Waals surface area (Å²) in [6.45, 7) is 0. The molecule has 0 unspecified atom stereocenters. The van der Waals surface area contributed by atoms with Gasteiger partial charge in [-0.3, -0.25) is 0 Å². The van der Waals surface area contributed by atoms with E-state index < -0.39 is 10.0 Å². The lowest BCUT2D eigenvalue weighted by atomic mass is 10.4. The fourth-order valence-corrected chi connectivity index (χ4v) is 2.46. The van der Waals surface area contributed by atoms with Crippen molar-refractivity contribution in [3.8, 4) is 0 Å². The van der Waals surface area contributed by atoms with Crippen molar-refractivity contribution in [2.75, 3.05) is 0 Å². The van der Waals surface area contributed by atoms with Crippen LogP contribution in [0.25, 0.3) is 0 Å². The lowest BCUT2D eigenvalue weighted by Gasteiger charge is -1.97. The van der Waals surface area contributed by atoms with E-state index >= 15 is 0 Å². The molecule has 1 aromatic carbocycles. The maximum atomic E-state index is 12.0. The highest BCUT2D eigenvalue weighted by Crippen LogP contribution is 2.06. The molecular weight excluding hydrogens is 229 g/mol. The predicted molar refractivity (Wildman–Crippen MR) is 55.7 cm³/mol. The van der Waals surface area contributed by atoms with E-state index in [0.29, 0.717) is 4.90 Å². The monoisotopic (exact) mass is 239 g/mol. The maximum absolute atomic E-state index is 12.0. The van der Waals surface area contributed by atoms with E-state index in [1.54, 1.807) is 48.5 Å². The van der Waals surface area contributed by atoms with E-state index in [9.17, 15) is 8.42 Å². The highest BCUT2D eigenvalue weighted by molar-refractivity contribution is 7.85. The molecule has 0 aliphatic heterocycles. The Morgan fingerprint density at radius 2 is 1.31 bits per heavy atom. The highest BCUT2D eigenvalue weighted by atomic mass is 32.2. The van der Waals surface area contributed by atoms with Crippen molar-refractivity contribution in [1.82, 2.24) is 0 Å². The quantitative estimate of drug-likeness (QED) is 0.581. The van der Waals surface area contributed by atoms with Gasteiger partial charge in [-0.1, -0.05) is 28.2 Å². The van der Waals surface area contributed by atoms with Crippen molar-refractivity contribution >= 4 is 10.0 Å². The van der Waals surface area contributed by atoms with Crippen LogP contribution >= 0.6 is 0 Å². The first-order valence-corrected chi connectivity index (χ1v) is 5.92. The van der Waals surface area contributed by atoms with E-state index in [4.69, 9.17) is 0 Å². The van der Waals surface area contributed by atoms with Crippen LogP contribution in [0.1, 0.15) is 0 Å². The summed E-state index contributed by atoms with van der Waals surface area (Å²) < 4.78 is 25.2. The van der Waals surface area contributed by atoms with Crippen LogP contribution in [0, 0.1) is 0 Å². The molecule has 0 N–H and O–H groups in total. The van der Waals surface area contributed by atoms with Crippen LogP contribution in [0.3, 0.4) is 0 Å². The van der Waals surface area contributed by atoms with E-state index in [1.807, 2.05) is 0 Å². The van der Waals surface area contributed by atoms with Crippen LogP contribution in [-0.4, -0.2) is 8.42 Å². The second-order valence-electron chi connectivity index (χ2n) is 3.02. The zero-order chi connectivity index (χ0) is 10.7. The molecule has 0 fully saturated rings. The fourth-order valence-electron chi connectivity index (χ4n) is 1.26. The number of hydrogen-bond acceptors (Lipinski definition) is 2. The molecule has 5 heteroatoms. The van der Waals surface area contributed by atoms with Gasteiger partial charge in [-0.05, 0) is 12.1 Å². The van der Waals surface area contributed by atoms with E-state index in [-0.39, 0.29) is 4.70 Å². The largest absolute Gasteiger partial charge is 1.00 e. The lowest BCUT2D eigenvalue weighted by Crippen LogP contribution is -3.00. The summed E-state index contributed by atoms with van der Waals surface area (Å²) in [5, 5.41) is 0. The van der Waals surface area contributed by atoms with E-state index in [2.05, 4.69) is 0 Å². The normalized spacial score (nSPS) is 10.5. The van der Waals surface area contributed by atoms with E-state index in [0.717, 1.165) is 0 Å². The molecule has 0 spiro atoms. The highest BCUT2D eigenvalue weighted by Gasteiger charge is 2.23. The zero-order valence-corrected chi connectivity index (χ0v) is 9.14. The molecule has 2 aromatic rings. The number of aromatic nitrogens is 1. The van der Waals surface area contributed by atoms with Gasteiger partial charge in [-0.15, -0.1) is 0 Å². The van der Waals surface area contributed by atoms with Crippen molar-refractivity contribution in [3.05, 3.63) is 60.9 Å². The number of nitrogens with zero attached hydrogens (tertiary/aromatic N) is 1. The SMILES string of the molecule is O=S(=O)(c1ccccc1)[n+]1ccccc1.[F-]. The number of hydrogen-bond donors (Lipinski definition) is 0. The summed E-state index contributed by atoms with van der Waals surface area (Å²) in [6, 6.07) is 13.5. The van der Waals surface area contributed by atoms with Gasteiger partial charge in [-0.25, -0.2) is 0 Å². The molecule has 84 valence electrons. The summed E-state index contributed by atoms with van der Waals surface area (Å²) in [5.74, 6) is 0. The third-order valence-corrected chi connectivity index (χ3v) is 3.67. The van der Waals surface area contributed by atoms with Crippen LogP contribution < -0.4 is 8.68 Å². The predicted octanol–water partition coefficient (Wildman–Crippen LogP) is -1.78. The van der Waals surface area contributed by atoms with Gasteiger partial charge >= 0.3 is 10.0 Å². The van der Waals surface area contributed by atoms with Crippen LogP contribution in [0.2, 0.25) is 0 Å². The first-order chi connectivity index (χ1) is 7.21. The molecule has 0 bridgehead atoms. The maximum Gasteiger partial charge on any atom is 0.399 e. The minimum absolute atomic E-state index is 0. The number of benzene rings is 1. The molecule has 0 aliphatic rings. The number of rotatable bonds is 2. The van der Waals surface area contributed by atoms with Gasteiger partial charge in [0, 0.05) is 12.1 Å². The Morgan fingerprint density at radius 3 is 1.88 bits per heavy atom. The molecule has 0 radical (unpaired) electrons. The molecule has 0 amide bonds. The Labute approximate surface area is 93.4 Å². The Hall–Kier alpha value is -1.75. The second kappa shape index (κ2) is 4.85. The molecule has 2 rings (SSSR count). The van der Waals surface area contributed by atoms with Crippen molar-refractivity contribution in [3.63, 3.8) is 0 Å². The molecule has 0 saturated carbocycles. The fraction of sp³-hybridized carbons (Fsp3) is 0. The van der Waals surface area contributed by atoms with Gasteiger partial charge < -0.3 is 4.70 Å². The van der Waals surface area contributed by atoms with Crippen molar-refractivity contribution in [2.45, 2.75) is 4.90 Å². The zero-order valence-electron chi connectivity index (χ0n) is 8.32. The van der Waals surface area contributed by atoms with Crippen LogP contribution in [0.4, 0.5) is 0 Å². The second-order valence-corrected chi connectivity index (χ2v) is 4.87. The Balaban J connectivity index is 0.00000128. The Morgan fingerprint density at radius 1 is 0.812 bits per heavy atom. The van der Waals surface area contributed by atoms with Gasteiger partial charge in [0.25, 0.3) is 0 Å². The van der Waals surface area contributed by atoms with Gasteiger partial charge in [0.15, 0.2) is 12.4 Å². The van der Waals surface area contributed by atoms with E-state index in [1.165, 1.54) is 16.4 Å². The Bertz CT molecular complexity index is 495. The van der Waals surface area contributed by atoms with Gasteiger partial charge in [-0.2, -0.15) is 8.42 Å². The van der Waals surface area contributed by atoms with Gasteiger partial charge in [0.1, 0.15) is 4.90 Å². The van der Waals surface area contributed by atoms with Crippen LogP contribution in [0.5, 0.6) is 0 Å². The van der Waals surface area contributed by atoms with Crippen LogP contribution in [0.15, 0.2) is 65.8 Å². The molecule has 0 aliphatic carbocycles. The van der Waals surface area contributed by atoms with Crippen molar-refractivity contribution in [1.29, 1.82) is 0 Å². The molecule has 16 heavy (non-hydrogen) atoms. The van der Waals surface area contributed by atoms with Gasteiger partial charge in [0.2, 0.25) is 0 Å². The Kier molecular flexibility index (Phi) is 3.73. The smallest absolute Gasteiger partial charge is 0.399 e. The minimum Gasteiger partial charge on any atom is -1.00 e. The summed E-state index contributed by atoms with van der Waals surface area (Å²) in [5.41, 5.74) is 0. The average molecular weight is 239 g/mol. The molecule has 3 nitrogen and oxygen atoms in total. The first-order valence-electron chi connectivity index (χ1n) is 4.48. The number of halogens is 1. The summed E-state index contributed by atoms with van der Waals surface area (Å²) in [6.07, 6.45) is 3.03. The molecular formula is C11H10FNO2S. The standard InChI is InChI=1S/C11H10NO2S.FH/c13-15(14,11-7-3-1-4-8-11)12-9-5-2-6-10-12;/h1-10H;1H/q+1;/p-1. The first kappa shape index (κ1) is 12.3. The number of pyridine rings is 1. The van der Waals surface area contributed by atoms with Crippen LogP contribution in [-0.2, 0) is 10.0 Å². The summed E-state index contributed by atoms with van der Waals surface area (Å²) in [7, 11) is -3.42. The molecule has 0 saturated heterocycles. The van der Waals surface area contributed by atoms with Crippen molar-refractivity contribution < 1.29 is 17.1 Å². The molecule has 1 heterocycles. The lowest BCUT2D eigenvalue weighted by molar-refractivity contribution is -0.511. The van der Waals surface area contributed by atoms with Crippen molar-refractivity contribution in [2.24, 2.45) is 0 Å². The minimum atomic E-state index is -3.42. The molecule has 0 atom stereocenters. The third-order valence-electron chi connectivity index (χ3n) is 2.01. The summed E-state index contributed by atoms with van der Waals surface area (Å²) >= 11 is 0. The topological polar surface area (TPSA) is 38.0 Å². The third kappa shape index (κ3) is 2.25. The molecule has 1 aromatic heterocycles.